The van der Waals surface area contributed by atoms with E-state index in [2.05, 4.69) is 51.9 Å². The number of rotatable bonds is 7. The fraction of sp³-hybridized carbons (Fsp3) is 0.333. The molecule has 2 atom stereocenters. The monoisotopic (exact) mass is 550 g/mol. The molecule has 2 N–H and O–H groups in total. The molecule has 5 rings (SSSR count). The van der Waals surface area contributed by atoms with Crippen molar-refractivity contribution in [2.45, 2.75) is 46.1 Å². The Labute approximate surface area is 241 Å². The number of amides is 2. The first kappa shape index (κ1) is 28.1. The minimum atomic E-state index is -0.259. The first-order valence-electron chi connectivity index (χ1n) is 14.2. The van der Waals surface area contributed by atoms with Crippen LogP contribution < -0.4 is 10.6 Å². The van der Waals surface area contributed by atoms with Crippen molar-refractivity contribution in [2.75, 3.05) is 23.7 Å². The molecule has 3 heterocycles. The van der Waals surface area contributed by atoms with Gasteiger partial charge in [-0.1, -0.05) is 37.3 Å². The molecule has 41 heavy (non-hydrogen) atoms. The van der Waals surface area contributed by atoms with E-state index < -0.39 is 0 Å². The van der Waals surface area contributed by atoms with Crippen molar-refractivity contribution in [3.63, 3.8) is 0 Å². The van der Waals surface area contributed by atoms with Crippen LogP contribution >= 0.6 is 0 Å². The quantitative estimate of drug-likeness (QED) is 0.289. The molecule has 0 spiro atoms. The molecule has 0 saturated carbocycles. The first-order valence-corrected chi connectivity index (χ1v) is 14.2. The van der Waals surface area contributed by atoms with Crippen LogP contribution in [0.4, 0.5) is 11.5 Å². The maximum absolute atomic E-state index is 13.5. The average molecular weight is 551 g/mol. The number of pyridine rings is 1. The summed E-state index contributed by atoms with van der Waals surface area (Å²) in [5.41, 5.74) is 6.09. The van der Waals surface area contributed by atoms with Crippen molar-refractivity contribution < 1.29 is 9.59 Å². The first-order chi connectivity index (χ1) is 19.7. The molecule has 2 aromatic heterocycles. The number of carbonyl (C=O) groups is 2. The number of benzene rings is 2. The average Bonchev–Trinajstić information content (AvgIpc) is 3.39. The zero-order chi connectivity index (χ0) is 29.1. The summed E-state index contributed by atoms with van der Waals surface area (Å²) in [5.74, 6) is 1.16. The SMILES string of the molecule is Cc1ccc(C(=O)N2CC[C@H](c3ccc(-c4ccnn4C)cc3)[C@@H](C)C2)cc1NC(=O)c1ccc(NC(C)C)nc1. The molecule has 2 amide bonds. The molecular weight excluding hydrogens is 512 g/mol. The summed E-state index contributed by atoms with van der Waals surface area (Å²) in [4.78, 5) is 32.7. The predicted molar refractivity (Wildman–Crippen MR) is 163 cm³/mol. The van der Waals surface area contributed by atoms with Gasteiger partial charge in [-0.3, -0.25) is 14.3 Å². The van der Waals surface area contributed by atoms with Crippen LogP contribution in [0.25, 0.3) is 11.3 Å². The van der Waals surface area contributed by atoms with E-state index in [1.807, 2.05) is 61.8 Å². The highest BCUT2D eigenvalue weighted by atomic mass is 16.2. The number of likely N-dealkylation sites (tertiary alicyclic amines) is 1. The van der Waals surface area contributed by atoms with Gasteiger partial charge < -0.3 is 15.5 Å². The number of hydrogen-bond donors (Lipinski definition) is 2. The van der Waals surface area contributed by atoms with Crippen molar-refractivity contribution in [3.05, 3.63) is 95.3 Å². The molecule has 1 aliphatic rings. The minimum absolute atomic E-state index is 0.0110. The maximum atomic E-state index is 13.5. The van der Waals surface area contributed by atoms with Crippen LogP contribution in [0.2, 0.25) is 0 Å². The van der Waals surface area contributed by atoms with Gasteiger partial charge in [0.25, 0.3) is 11.8 Å². The number of nitrogens with zero attached hydrogens (tertiary/aromatic N) is 4. The Morgan fingerprint density at radius 3 is 2.39 bits per heavy atom. The highest BCUT2D eigenvalue weighted by Crippen LogP contribution is 2.34. The highest BCUT2D eigenvalue weighted by molar-refractivity contribution is 6.05. The summed E-state index contributed by atoms with van der Waals surface area (Å²) in [6.45, 7) is 9.58. The van der Waals surface area contributed by atoms with Crippen molar-refractivity contribution in [1.82, 2.24) is 19.7 Å². The second-order valence-electron chi connectivity index (χ2n) is 11.3. The molecule has 0 bridgehead atoms. The Morgan fingerprint density at radius 1 is 1.00 bits per heavy atom. The number of aryl methyl sites for hydroxylation is 2. The molecule has 0 aliphatic carbocycles. The third-order valence-electron chi connectivity index (χ3n) is 7.84. The van der Waals surface area contributed by atoms with Gasteiger partial charge in [0.2, 0.25) is 0 Å². The van der Waals surface area contributed by atoms with Gasteiger partial charge in [-0.2, -0.15) is 5.10 Å². The van der Waals surface area contributed by atoms with Crippen LogP contribution in [-0.2, 0) is 7.05 Å². The van der Waals surface area contributed by atoms with Gasteiger partial charge >= 0.3 is 0 Å². The van der Waals surface area contributed by atoms with Crippen LogP contribution in [0.15, 0.2) is 73.1 Å². The molecule has 0 radical (unpaired) electrons. The summed E-state index contributed by atoms with van der Waals surface area (Å²) in [6, 6.07) is 20.1. The fourth-order valence-corrected chi connectivity index (χ4v) is 5.56. The largest absolute Gasteiger partial charge is 0.368 e. The van der Waals surface area contributed by atoms with E-state index in [1.54, 1.807) is 24.4 Å². The van der Waals surface area contributed by atoms with Crippen LogP contribution in [0.1, 0.15) is 65.0 Å². The summed E-state index contributed by atoms with van der Waals surface area (Å²) < 4.78 is 1.88. The smallest absolute Gasteiger partial charge is 0.257 e. The number of hydrogen-bond acceptors (Lipinski definition) is 5. The van der Waals surface area contributed by atoms with Crippen LogP contribution in [0, 0.1) is 12.8 Å². The lowest BCUT2D eigenvalue weighted by Gasteiger charge is -2.37. The number of anilines is 2. The van der Waals surface area contributed by atoms with Gasteiger partial charge in [-0.05, 0) is 86.1 Å². The molecule has 8 nitrogen and oxygen atoms in total. The Bertz CT molecular complexity index is 1520. The molecular formula is C33H38N6O2. The van der Waals surface area contributed by atoms with Gasteiger partial charge in [0.15, 0.2) is 0 Å². The Kier molecular flexibility index (Phi) is 8.19. The van der Waals surface area contributed by atoms with Gasteiger partial charge in [-0.25, -0.2) is 4.98 Å². The molecule has 2 aromatic carbocycles. The van der Waals surface area contributed by atoms with E-state index in [0.717, 1.165) is 29.1 Å². The van der Waals surface area contributed by atoms with Gasteiger partial charge in [0.1, 0.15) is 5.82 Å². The van der Waals surface area contributed by atoms with Crippen molar-refractivity contribution in [3.8, 4) is 11.3 Å². The molecule has 8 heteroatoms. The number of aromatic nitrogens is 3. The highest BCUT2D eigenvalue weighted by Gasteiger charge is 2.30. The topological polar surface area (TPSA) is 92.2 Å². The van der Waals surface area contributed by atoms with E-state index in [1.165, 1.54) is 5.56 Å². The fourth-order valence-electron chi connectivity index (χ4n) is 5.56. The van der Waals surface area contributed by atoms with Gasteiger partial charge in [0, 0.05) is 49.8 Å². The zero-order valence-corrected chi connectivity index (χ0v) is 24.4. The lowest BCUT2D eigenvalue weighted by atomic mass is 9.81. The second kappa shape index (κ2) is 12.0. The predicted octanol–water partition coefficient (Wildman–Crippen LogP) is 6.13. The van der Waals surface area contributed by atoms with E-state index in [0.29, 0.717) is 41.7 Å². The third-order valence-corrected chi connectivity index (χ3v) is 7.84. The van der Waals surface area contributed by atoms with Gasteiger partial charge in [0.05, 0.1) is 11.3 Å². The third kappa shape index (κ3) is 6.32. The van der Waals surface area contributed by atoms with Crippen molar-refractivity contribution in [1.29, 1.82) is 0 Å². The molecule has 1 saturated heterocycles. The molecule has 4 aromatic rings. The maximum Gasteiger partial charge on any atom is 0.257 e. The summed E-state index contributed by atoms with van der Waals surface area (Å²) >= 11 is 0. The Balaban J connectivity index is 1.23. The molecule has 1 aliphatic heterocycles. The van der Waals surface area contributed by atoms with Crippen LogP contribution in [-0.4, -0.2) is 50.6 Å². The zero-order valence-electron chi connectivity index (χ0n) is 24.4. The number of piperidine rings is 1. The van der Waals surface area contributed by atoms with Crippen LogP contribution in [0.5, 0.6) is 0 Å². The molecule has 1 fully saturated rings. The summed E-state index contributed by atoms with van der Waals surface area (Å²) in [5, 5.41) is 10.5. The minimum Gasteiger partial charge on any atom is -0.368 e. The van der Waals surface area contributed by atoms with Gasteiger partial charge in [-0.15, -0.1) is 0 Å². The van der Waals surface area contributed by atoms with E-state index in [9.17, 15) is 9.59 Å². The number of carbonyl (C=O) groups excluding carboxylic acids is 2. The summed E-state index contributed by atoms with van der Waals surface area (Å²) in [7, 11) is 1.95. The van der Waals surface area contributed by atoms with E-state index in [-0.39, 0.29) is 17.9 Å². The van der Waals surface area contributed by atoms with Crippen molar-refractivity contribution in [2.24, 2.45) is 13.0 Å². The lowest BCUT2D eigenvalue weighted by molar-refractivity contribution is 0.0660. The summed E-state index contributed by atoms with van der Waals surface area (Å²) in [6.07, 6.45) is 4.27. The Morgan fingerprint density at radius 2 is 1.76 bits per heavy atom. The standard InChI is InChI=1S/C33H38N6O2/c1-21(2)36-31-13-12-27(19-34-31)32(40)37-29-18-26(7-6-22(29)3)33(41)39-17-15-28(23(4)20-39)24-8-10-25(11-9-24)30-14-16-35-38(30)5/h6-14,16,18-19,21,23,28H,15,17,20H2,1-5H3,(H,34,36)(H,37,40)/t23-,28-/m0/s1. The molecule has 212 valence electrons. The van der Waals surface area contributed by atoms with E-state index in [4.69, 9.17) is 0 Å². The van der Waals surface area contributed by atoms with E-state index >= 15 is 0 Å². The Hall–Kier alpha value is -4.46. The van der Waals surface area contributed by atoms with Crippen molar-refractivity contribution >= 4 is 23.3 Å². The molecule has 0 unspecified atom stereocenters. The number of nitrogens with one attached hydrogen (secondary N) is 2. The normalized spacial score (nSPS) is 17.0. The lowest BCUT2D eigenvalue weighted by Crippen LogP contribution is -2.42. The second-order valence-corrected chi connectivity index (χ2v) is 11.3. The van der Waals surface area contributed by atoms with Crippen LogP contribution in [0.3, 0.4) is 0 Å².